The average molecular weight is 423 g/mol. The van der Waals surface area contributed by atoms with Gasteiger partial charge >= 0.3 is 0 Å². The lowest BCUT2D eigenvalue weighted by molar-refractivity contribution is 0.112. The van der Waals surface area contributed by atoms with Crippen molar-refractivity contribution in [2.75, 3.05) is 40.7 Å². The molecule has 7 nitrogen and oxygen atoms in total. The van der Waals surface area contributed by atoms with Gasteiger partial charge in [-0.25, -0.2) is 0 Å². The molecule has 2 heterocycles. The molecular formula is C24H25NO6. The Morgan fingerprint density at radius 1 is 1.23 bits per heavy atom. The average Bonchev–Trinajstić information content (AvgIpc) is 3.25. The lowest BCUT2D eigenvalue weighted by Crippen LogP contribution is -2.31. The fourth-order valence-electron chi connectivity index (χ4n) is 3.85. The molecule has 1 atom stereocenters. The summed E-state index contributed by atoms with van der Waals surface area (Å²) in [4.78, 5) is 13.2. The van der Waals surface area contributed by atoms with Crippen LogP contribution in [0.2, 0.25) is 0 Å². The van der Waals surface area contributed by atoms with Gasteiger partial charge < -0.3 is 23.7 Å². The van der Waals surface area contributed by atoms with Gasteiger partial charge in [0.15, 0.2) is 23.0 Å². The summed E-state index contributed by atoms with van der Waals surface area (Å²) in [6.45, 7) is 3.61. The van der Waals surface area contributed by atoms with E-state index in [0.29, 0.717) is 35.2 Å². The summed E-state index contributed by atoms with van der Waals surface area (Å²) in [6, 6.07) is 6.96. The number of hydrogen-bond donors (Lipinski definition) is 0. The second-order valence-electron chi connectivity index (χ2n) is 7.22. The first-order valence-electron chi connectivity index (χ1n) is 10.2. The maximum Gasteiger partial charge on any atom is 0.231 e. The van der Waals surface area contributed by atoms with Gasteiger partial charge in [-0.3, -0.25) is 9.69 Å². The van der Waals surface area contributed by atoms with Crippen molar-refractivity contribution < 1.29 is 28.5 Å². The van der Waals surface area contributed by atoms with Crippen LogP contribution in [-0.4, -0.2) is 51.9 Å². The number of carbonyl (C=O) groups is 1. The van der Waals surface area contributed by atoms with E-state index in [1.807, 2.05) is 20.0 Å². The van der Waals surface area contributed by atoms with Gasteiger partial charge in [0.05, 0.1) is 13.7 Å². The highest BCUT2D eigenvalue weighted by atomic mass is 16.7. The van der Waals surface area contributed by atoms with E-state index in [1.165, 1.54) is 0 Å². The molecule has 2 aromatic rings. The SMILES string of the molecule is CCOc1cc(C=O)ccc1OCC#C[C@@H]1c2c(cc3c(c2OC)OCO3)CCN1C. The van der Waals surface area contributed by atoms with Crippen LogP contribution < -0.4 is 23.7 Å². The Kier molecular flexibility index (Phi) is 6.19. The number of benzene rings is 2. The Balaban J connectivity index is 1.56. The lowest BCUT2D eigenvalue weighted by Gasteiger charge is -2.32. The summed E-state index contributed by atoms with van der Waals surface area (Å²) in [7, 11) is 3.68. The highest BCUT2D eigenvalue weighted by molar-refractivity contribution is 5.76. The molecule has 0 saturated carbocycles. The molecule has 0 N–H and O–H groups in total. The van der Waals surface area contributed by atoms with Gasteiger partial charge in [0.25, 0.3) is 0 Å². The number of aldehydes is 1. The standard InChI is InChI=1S/C24H25NO6/c1-4-28-20-12-16(14-26)7-8-19(20)29-11-5-6-18-22-17(9-10-25(18)2)13-21-23(24(22)27-3)31-15-30-21/h7-8,12-14,18H,4,9-11,15H2,1-3H3/t18-/m1/s1. The maximum absolute atomic E-state index is 11.0. The van der Waals surface area contributed by atoms with Gasteiger partial charge in [-0.05, 0) is 50.2 Å². The second-order valence-corrected chi connectivity index (χ2v) is 7.22. The number of likely N-dealkylation sites (N-methyl/N-ethyl adjacent to an activating group) is 1. The van der Waals surface area contributed by atoms with E-state index in [4.69, 9.17) is 23.7 Å². The smallest absolute Gasteiger partial charge is 0.231 e. The number of methoxy groups -OCH3 is 1. The van der Waals surface area contributed by atoms with Crippen LogP contribution in [0.4, 0.5) is 0 Å². The highest BCUT2D eigenvalue weighted by Crippen LogP contribution is 2.49. The zero-order chi connectivity index (χ0) is 21.8. The molecular weight excluding hydrogens is 398 g/mol. The molecule has 0 aliphatic carbocycles. The fourth-order valence-corrected chi connectivity index (χ4v) is 3.85. The van der Waals surface area contributed by atoms with E-state index in [-0.39, 0.29) is 19.4 Å². The molecule has 31 heavy (non-hydrogen) atoms. The summed E-state index contributed by atoms with van der Waals surface area (Å²) in [6.07, 6.45) is 1.66. The van der Waals surface area contributed by atoms with Crippen LogP contribution in [0.25, 0.3) is 0 Å². The van der Waals surface area contributed by atoms with Crippen molar-refractivity contribution in [1.29, 1.82) is 0 Å². The molecule has 0 fully saturated rings. The largest absolute Gasteiger partial charge is 0.492 e. The molecule has 0 amide bonds. The third kappa shape index (κ3) is 4.12. The lowest BCUT2D eigenvalue weighted by atomic mass is 9.91. The molecule has 162 valence electrons. The number of carbonyl (C=O) groups excluding carboxylic acids is 1. The number of fused-ring (bicyclic) bond motifs is 2. The minimum Gasteiger partial charge on any atom is -0.492 e. The van der Waals surface area contributed by atoms with Crippen LogP contribution in [0.1, 0.15) is 34.5 Å². The summed E-state index contributed by atoms with van der Waals surface area (Å²) in [5.41, 5.74) is 2.70. The Labute approximate surface area is 181 Å². The first kappa shape index (κ1) is 20.9. The van der Waals surface area contributed by atoms with E-state index >= 15 is 0 Å². The van der Waals surface area contributed by atoms with Crippen LogP contribution in [0.15, 0.2) is 24.3 Å². The van der Waals surface area contributed by atoms with Crippen LogP contribution in [0.3, 0.4) is 0 Å². The van der Waals surface area contributed by atoms with E-state index < -0.39 is 0 Å². The second kappa shape index (κ2) is 9.19. The molecule has 4 rings (SSSR count). The van der Waals surface area contributed by atoms with Crippen molar-refractivity contribution in [3.8, 4) is 40.6 Å². The molecule has 0 saturated heterocycles. The first-order valence-corrected chi connectivity index (χ1v) is 10.2. The van der Waals surface area contributed by atoms with Crippen LogP contribution in [0, 0.1) is 11.8 Å². The first-order chi connectivity index (χ1) is 15.2. The van der Waals surface area contributed by atoms with Crippen molar-refractivity contribution in [1.82, 2.24) is 4.90 Å². The number of ether oxygens (including phenoxy) is 5. The van der Waals surface area contributed by atoms with Gasteiger partial charge in [0.1, 0.15) is 18.9 Å². The Bertz CT molecular complexity index is 1040. The van der Waals surface area contributed by atoms with Crippen LogP contribution in [0.5, 0.6) is 28.7 Å². The van der Waals surface area contributed by atoms with Gasteiger partial charge in [0.2, 0.25) is 12.5 Å². The zero-order valence-corrected chi connectivity index (χ0v) is 17.9. The minimum absolute atomic E-state index is 0.152. The highest BCUT2D eigenvalue weighted by Gasteiger charge is 2.33. The van der Waals surface area contributed by atoms with Crippen molar-refractivity contribution in [3.05, 3.63) is 41.0 Å². The Hall–Kier alpha value is -3.37. The van der Waals surface area contributed by atoms with Gasteiger partial charge in [-0.15, -0.1) is 0 Å². The molecule has 2 aromatic carbocycles. The Morgan fingerprint density at radius 2 is 2.10 bits per heavy atom. The minimum atomic E-state index is -0.152. The Morgan fingerprint density at radius 3 is 2.87 bits per heavy atom. The monoisotopic (exact) mass is 423 g/mol. The molecule has 2 aliphatic heterocycles. The predicted octanol–water partition coefficient (Wildman–Crippen LogP) is 3.25. The summed E-state index contributed by atoms with van der Waals surface area (Å²) < 4.78 is 28.3. The summed E-state index contributed by atoms with van der Waals surface area (Å²) >= 11 is 0. The fraction of sp³-hybridized carbons (Fsp3) is 0.375. The molecule has 0 aromatic heterocycles. The third-order valence-corrected chi connectivity index (χ3v) is 5.34. The number of hydrogen-bond acceptors (Lipinski definition) is 7. The molecule has 0 unspecified atom stereocenters. The van der Waals surface area contributed by atoms with E-state index in [9.17, 15) is 4.79 Å². The molecule has 0 bridgehead atoms. The normalized spacial score (nSPS) is 16.7. The molecule has 2 aliphatic rings. The molecule has 0 radical (unpaired) electrons. The topological polar surface area (TPSA) is 66.5 Å². The molecule has 7 heteroatoms. The van der Waals surface area contributed by atoms with E-state index in [1.54, 1.807) is 25.3 Å². The van der Waals surface area contributed by atoms with Gasteiger partial charge in [-0.2, -0.15) is 0 Å². The van der Waals surface area contributed by atoms with E-state index in [0.717, 1.165) is 36.1 Å². The predicted molar refractivity (Wildman–Crippen MR) is 114 cm³/mol. The van der Waals surface area contributed by atoms with Crippen molar-refractivity contribution >= 4 is 6.29 Å². The maximum atomic E-state index is 11.0. The van der Waals surface area contributed by atoms with Crippen molar-refractivity contribution in [2.24, 2.45) is 0 Å². The van der Waals surface area contributed by atoms with Crippen molar-refractivity contribution in [3.63, 3.8) is 0 Å². The molecule has 0 spiro atoms. The summed E-state index contributed by atoms with van der Waals surface area (Å²) in [5.74, 6) is 9.56. The van der Waals surface area contributed by atoms with Gasteiger partial charge in [0, 0.05) is 17.7 Å². The number of nitrogens with zero attached hydrogens (tertiary/aromatic N) is 1. The number of rotatable bonds is 6. The van der Waals surface area contributed by atoms with Crippen molar-refractivity contribution in [2.45, 2.75) is 19.4 Å². The quantitative estimate of drug-likeness (QED) is 0.522. The third-order valence-electron chi connectivity index (χ3n) is 5.34. The summed E-state index contributed by atoms with van der Waals surface area (Å²) in [5, 5.41) is 0. The van der Waals surface area contributed by atoms with Crippen LogP contribution in [-0.2, 0) is 6.42 Å². The zero-order valence-electron chi connectivity index (χ0n) is 17.9. The van der Waals surface area contributed by atoms with Gasteiger partial charge in [-0.1, -0.05) is 11.8 Å². The van der Waals surface area contributed by atoms with E-state index in [2.05, 4.69) is 16.7 Å². The van der Waals surface area contributed by atoms with Crippen LogP contribution >= 0.6 is 0 Å².